The number of methoxy groups -OCH3 is 1. The Morgan fingerprint density at radius 1 is 1.29 bits per heavy atom. The normalized spacial score (nSPS) is 21.1. The molecule has 1 aliphatic carbocycles. The molecule has 24 heavy (non-hydrogen) atoms. The fraction of sp³-hybridized carbons (Fsp3) is 0.533. The Balaban J connectivity index is 2.42. The van der Waals surface area contributed by atoms with Crippen LogP contribution in [0.25, 0.3) is 0 Å². The average Bonchev–Trinajstić information content (AvgIpc) is 2.85. The van der Waals surface area contributed by atoms with Crippen LogP contribution in [0.15, 0.2) is 0 Å². The van der Waals surface area contributed by atoms with E-state index in [-0.39, 0.29) is 17.4 Å². The lowest BCUT2D eigenvalue weighted by molar-refractivity contribution is -0.120. The van der Waals surface area contributed by atoms with E-state index in [9.17, 15) is 14.4 Å². The van der Waals surface area contributed by atoms with Gasteiger partial charge in [0.1, 0.15) is 5.00 Å². The fourth-order valence-corrected chi connectivity index (χ4v) is 4.94. The summed E-state index contributed by atoms with van der Waals surface area (Å²) in [6.45, 7) is 3.49. The molecule has 0 unspecified atom stereocenters. The molecule has 1 atom stereocenters. The second kappa shape index (κ2) is 6.42. The van der Waals surface area contributed by atoms with Crippen LogP contribution in [0.1, 0.15) is 38.9 Å². The number of rotatable bonds is 4. The number of halogens is 2. The lowest BCUT2D eigenvalue weighted by atomic mass is 10.1. The fourth-order valence-electron chi connectivity index (χ4n) is 2.24. The molecule has 1 fully saturated rings. The summed E-state index contributed by atoms with van der Waals surface area (Å²) in [5.41, 5.74) is 0.0927. The number of amides is 2. The maximum Gasteiger partial charge on any atom is 0.341 e. The van der Waals surface area contributed by atoms with Crippen molar-refractivity contribution in [2.75, 3.05) is 26.5 Å². The van der Waals surface area contributed by atoms with E-state index in [1.165, 1.54) is 12.0 Å². The minimum Gasteiger partial charge on any atom is -0.465 e. The number of carbonyl (C=O) groups excluding carboxylic acids is 3. The van der Waals surface area contributed by atoms with Gasteiger partial charge < -0.3 is 15.0 Å². The van der Waals surface area contributed by atoms with Gasteiger partial charge in [-0.05, 0) is 25.8 Å². The molecule has 0 radical (unpaired) electrons. The van der Waals surface area contributed by atoms with E-state index < -0.39 is 14.6 Å². The number of nitrogens with one attached hydrogen (secondary N) is 1. The van der Waals surface area contributed by atoms with E-state index in [2.05, 4.69) is 37.2 Å². The van der Waals surface area contributed by atoms with Crippen molar-refractivity contribution in [2.24, 2.45) is 5.41 Å². The summed E-state index contributed by atoms with van der Waals surface area (Å²) in [6, 6.07) is 0. The Hall–Kier alpha value is -0.930. The van der Waals surface area contributed by atoms with Crippen molar-refractivity contribution in [3.8, 4) is 0 Å². The molecule has 1 aromatic heterocycles. The molecule has 1 heterocycles. The number of hydrogen-bond donors (Lipinski definition) is 1. The number of anilines is 1. The Labute approximate surface area is 161 Å². The third-order valence-corrected chi connectivity index (χ3v) is 7.63. The van der Waals surface area contributed by atoms with Gasteiger partial charge in [-0.25, -0.2) is 4.79 Å². The third-order valence-electron chi connectivity index (χ3n) is 4.12. The Kier molecular flexibility index (Phi) is 5.19. The van der Waals surface area contributed by atoms with Gasteiger partial charge in [-0.1, -0.05) is 31.9 Å². The zero-order chi connectivity index (χ0) is 18.4. The summed E-state index contributed by atoms with van der Waals surface area (Å²) in [5.74, 6) is -1.04. The number of ether oxygens (including phenoxy) is 1. The highest BCUT2D eigenvalue weighted by Crippen LogP contribution is 2.66. The highest BCUT2D eigenvalue weighted by atomic mass is 79.9. The lowest BCUT2D eigenvalue weighted by Gasteiger charge is -2.13. The van der Waals surface area contributed by atoms with E-state index in [4.69, 9.17) is 4.74 Å². The first-order chi connectivity index (χ1) is 11.0. The number of hydrogen-bond acceptors (Lipinski definition) is 5. The molecule has 2 amide bonds. The van der Waals surface area contributed by atoms with E-state index in [0.717, 1.165) is 11.3 Å². The van der Waals surface area contributed by atoms with E-state index in [1.807, 2.05) is 6.92 Å². The molecule has 0 aromatic carbocycles. The SMILES string of the molecule is COC(=O)c1c(NC(=O)[C@@]2(C)CC2(Br)Br)sc(C(=O)N(C)C)c1C. The molecule has 9 heteroatoms. The first-order valence-electron chi connectivity index (χ1n) is 7.09. The van der Waals surface area contributed by atoms with Gasteiger partial charge in [0.25, 0.3) is 5.91 Å². The molecular formula is C15H18Br2N2O4S. The molecular weight excluding hydrogens is 464 g/mol. The van der Waals surface area contributed by atoms with Gasteiger partial charge >= 0.3 is 5.97 Å². The van der Waals surface area contributed by atoms with Crippen molar-refractivity contribution in [2.45, 2.75) is 23.5 Å². The Bertz CT molecular complexity index is 729. The quantitative estimate of drug-likeness (QED) is 0.528. The molecule has 0 spiro atoms. The summed E-state index contributed by atoms with van der Waals surface area (Å²) >= 11 is 7.99. The second-order valence-corrected chi connectivity index (χ2v) is 10.9. The Morgan fingerprint density at radius 3 is 2.25 bits per heavy atom. The standard InChI is InChI=1S/C15H18Br2N2O4S/c1-7-8(12(21)23-5)10(24-9(7)11(20)19(3)4)18-13(22)14(2)6-15(14,16)17/h6H2,1-5H3,(H,18,22)/t14-/m1/s1. The van der Waals surface area contributed by atoms with Crippen molar-refractivity contribution in [1.29, 1.82) is 0 Å². The van der Waals surface area contributed by atoms with Crippen LogP contribution in [0, 0.1) is 12.3 Å². The van der Waals surface area contributed by atoms with Crippen LogP contribution in [0.4, 0.5) is 5.00 Å². The van der Waals surface area contributed by atoms with E-state index >= 15 is 0 Å². The predicted molar refractivity (Wildman–Crippen MR) is 100 cm³/mol. The lowest BCUT2D eigenvalue weighted by Crippen LogP contribution is -2.26. The maximum atomic E-state index is 12.6. The first kappa shape index (κ1) is 19.4. The van der Waals surface area contributed by atoms with Gasteiger partial charge in [-0.15, -0.1) is 11.3 Å². The molecule has 0 aliphatic heterocycles. The predicted octanol–water partition coefficient (Wildman–Crippen LogP) is 3.38. The van der Waals surface area contributed by atoms with Gasteiger partial charge in [0.2, 0.25) is 5.91 Å². The van der Waals surface area contributed by atoms with Crippen molar-refractivity contribution in [3.63, 3.8) is 0 Å². The molecule has 1 aromatic rings. The number of alkyl halides is 2. The summed E-state index contributed by atoms with van der Waals surface area (Å²) in [6.07, 6.45) is 0.618. The minimum atomic E-state index is -0.635. The molecule has 6 nitrogen and oxygen atoms in total. The topological polar surface area (TPSA) is 75.7 Å². The van der Waals surface area contributed by atoms with Gasteiger partial charge in [0.15, 0.2) is 0 Å². The minimum absolute atomic E-state index is 0.222. The molecule has 132 valence electrons. The zero-order valence-electron chi connectivity index (χ0n) is 14.0. The van der Waals surface area contributed by atoms with Crippen LogP contribution < -0.4 is 5.32 Å². The van der Waals surface area contributed by atoms with Crippen LogP contribution in [-0.4, -0.2) is 47.1 Å². The van der Waals surface area contributed by atoms with Crippen molar-refractivity contribution >= 4 is 66.0 Å². The van der Waals surface area contributed by atoms with Crippen molar-refractivity contribution in [1.82, 2.24) is 4.90 Å². The van der Waals surface area contributed by atoms with E-state index in [1.54, 1.807) is 21.0 Å². The summed E-state index contributed by atoms with van der Waals surface area (Å²) in [5, 5.41) is 3.12. The van der Waals surface area contributed by atoms with Gasteiger partial charge in [0, 0.05) is 14.1 Å². The second-order valence-electron chi connectivity index (χ2n) is 6.12. The molecule has 0 bridgehead atoms. The number of esters is 1. The smallest absolute Gasteiger partial charge is 0.341 e. The number of thiophene rings is 1. The zero-order valence-corrected chi connectivity index (χ0v) is 17.9. The highest BCUT2D eigenvalue weighted by molar-refractivity contribution is 9.25. The first-order valence-corrected chi connectivity index (χ1v) is 9.49. The van der Waals surface area contributed by atoms with Crippen LogP contribution in [-0.2, 0) is 9.53 Å². The number of carbonyl (C=O) groups is 3. The monoisotopic (exact) mass is 480 g/mol. The average molecular weight is 482 g/mol. The molecule has 1 saturated carbocycles. The maximum absolute atomic E-state index is 12.6. The van der Waals surface area contributed by atoms with E-state index in [0.29, 0.717) is 21.9 Å². The van der Waals surface area contributed by atoms with Gasteiger partial charge in [-0.2, -0.15) is 0 Å². The van der Waals surface area contributed by atoms with Crippen LogP contribution in [0.2, 0.25) is 0 Å². The van der Waals surface area contributed by atoms with Crippen molar-refractivity contribution in [3.05, 3.63) is 16.0 Å². The summed E-state index contributed by atoms with van der Waals surface area (Å²) in [7, 11) is 4.53. The number of nitrogens with zero attached hydrogens (tertiary/aromatic N) is 1. The van der Waals surface area contributed by atoms with Crippen LogP contribution in [0.3, 0.4) is 0 Å². The molecule has 0 saturated heterocycles. The van der Waals surface area contributed by atoms with Gasteiger partial charge in [0.05, 0.1) is 26.2 Å². The highest BCUT2D eigenvalue weighted by Gasteiger charge is 2.66. The summed E-state index contributed by atoms with van der Waals surface area (Å²) < 4.78 is 4.36. The molecule has 1 aliphatic rings. The van der Waals surface area contributed by atoms with Crippen LogP contribution >= 0.6 is 43.2 Å². The molecule has 1 N–H and O–H groups in total. The summed E-state index contributed by atoms with van der Waals surface area (Å²) in [4.78, 5) is 38.8. The Morgan fingerprint density at radius 2 is 1.83 bits per heavy atom. The molecule has 2 rings (SSSR count). The van der Waals surface area contributed by atoms with Gasteiger partial charge in [-0.3, -0.25) is 9.59 Å². The van der Waals surface area contributed by atoms with Crippen molar-refractivity contribution < 1.29 is 19.1 Å². The largest absolute Gasteiger partial charge is 0.465 e. The third kappa shape index (κ3) is 3.13. The van der Waals surface area contributed by atoms with Crippen LogP contribution in [0.5, 0.6) is 0 Å².